The molecule has 3 N–H and O–H groups in total. The second-order valence-corrected chi connectivity index (χ2v) is 11.9. The number of hydrogen-bond acceptors (Lipinski definition) is 8. The number of nitrogen functional groups attached to an aromatic ring is 1. The lowest BCUT2D eigenvalue weighted by molar-refractivity contribution is 0.0999. The highest BCUT2D eigenvalue weighted by molar-refractivity contribution is 8.15. The molecular weight excluding hydrogens is 534 g/mol. The summed E-state index contributed by atoms with van der Waals surface area (Å²) in [6.45, 7) is 5.75. The SMILES string of the molecule is C/C=S(\c1ccc(-c2cnc(N)c(-c3nnc(-c4ccc(CNCC(C)F)cc4F)o3)n2)cc1)C1CCOCC1. The van der Waals surface area contributed by atoms with E-state index in [0.717, 1.165) is 31.6 Å². The van der Waals surface area contributed by atoms with Crippen molar-refractivity contribution in [1.29, 1.82) is 0 Å². The van der Waals surface area contributed by atoms with Crippen LogP contribution in [-0.4, -0.2) is 56.7 Å². The van der Waals surface area contributed by atoms with Crippen molar-refractivity contribution in [3.05, 3.63) is 60.0 Å². The maximum atomic E-state index is 14.8. The first-order valence-electron chi connectivity index (χ1n) is 13.2. The van der Waals surface area contributed by atoms with Crippen molar-refractivity contribution in [2.24, 2.45) is 0 Å². The van der Waals surface area contributed by atoms with E-state index in [4.69, 9.17) is 14.9 Å². The van der Waals surface area contributed by atoms with Gasteiger partial charge in [0.2, 0.25) is 0 Å². The third-order valence-electron chi connectivity index (χ3n) is 6.65. The van der Waals surface area contributed by atoms with Crippen LogP contribution in [0.25, 0.3) is 34.3 Å². The summed E-state index contributed by atoms with van der Waals surface area (Å²) in [5, 5.41) is 13.9. The molecule has 4 aromatic rings. The smallest absolute Gasteiger partial charge is 0.270 e. The van der Waals surface area contributed by atoms with Gasteiger partial charge >= 0.3 is 0 Å². The Bertz CT molecular complexity index is 1490. The van der Waals surface area contributed by atoms with Gasteiger partial charge in [0, 0.05) is 42.0 Å². The number of nitrogens with two attached hydrogens (primary N) is 1. The molecule has 0 spiro atoms. The number of anilines is 1. The molecule has 1 saturated heterocycles. The standard InChI is InChI=1S/C29H32F2N6O2S/c1-3-40(22-10-12-38-13-11-22)21-7-5-20(6-8-21)25-17-34-27(32)26(35-25)29-37-36-28(39-29)23-9-4-19(14-24(23)31)16-33-15-18(2)30/h3-9,14,17-18,22,33H,10-13,15-16H2,1-2H3,(H2,32,34). The molecule has 2 unspecified atom stereocenters. The fourth-order valence-corrected chi connectivity index (χ4v) is 6.81. The summed E-state index contributed by atoms with van der Waals surface area (Å²) in [6.07, 6.45) is 2.76. The van der Waals surface area contributed by atoms with E-state index in [-0.39, 0.29) is 45.9 Å². The first-order chi connectivity index (χ1) is 19.4. The third-order valence-corrected chi connectivity index (χ3v) is 9.16. The van der Waals surface area contributed by atoms with Crippen LogP contribution in [0.5, 0.6) is 0 Å². The largest absolute Gasteiger partial charge is 0.414 e. The molecule has 1 fully saturated rings. The number of hydrogen-bond donors (Lipinski definition) is 2. The lowest BCUT2D eigenvalue weighted by atomic mass is 10.1. The molecule has 2 atom stereocenters. The van der Waals surface area contributed by atoms with Crippen LogP contribution < -0.4 is 11.1 Å². The lowest BCUT2D eigenvalue weighted by Gasteiger charge is -2.26. The lowest BCUT2D eigenvalue weighted by Crippen LogP contribution is -2.21. The van der Waals surface area contributed by atoms with E-state index >= 15 is 0 Å². The van der Waals surface area contributed by atoms with Gasteiger partial charge in [0.1, 0.15) is 12.0 Å². The van der Waals surface area contributed by atoms with Crippen LogP contribution in [0, 0.1) is 5.82 Å². The minimum atomic E-state index is -0.983. The molecule has 210 valence electrons. The van der Waals surface area contributed by atoms with Gasteiger partial charge in [-0.1, -0.05) is 23.6 Å². The van der Waals surface area contributed by atoms with E-state index in [9.17, 15) is 8.78 Å². The molecule has 1 aliphatic heterocycles. The van der Waals surface area contributed by atoms with E-state index in [2.05, 4.69) is 49.9 Å². The first-order valence-corrected chi connectivity index (χ1v) is 14.6. The van der Waals surface area contributed by atoms with Gasteiger partial charge in [0.15, 0.2) is 11.5 Å². The highest BCUT2D eigenvalue weighted by Gasteiger charge is 2.20. The summed E-state index contributed by atoms with van der Waals surface area (Å²) in [6, 6.07) is 13.0. The maximum Gasteiger partial charge on any atom is 0.270 e. The number of aromatic nitrogens is 4. The Kier molecular flexibility index (Phi) is 8.93. The maximum absolute atomic E-state index is 14.8. The van der Waals surface area contributed by atoms with Gasteiger partial charge in [0.25, 0.3) is 11.8 Å². The molecule has 0 saturated carbocycles. The molecule has 2 aromatic heterocycles. The number of nitrogens with zero attached hydrogens (tertiary/aromatic N) is 4. The van der Waals surface area contributed by atoms with Gasteiger partial charge < -0.3 is 20.2 Å². The van der Waals surface area contributed by atoms with Crippen molar-refractivity contribution < 1.29 is 17.9 Å². The fraction of sp³-hybridized carbons (Fsp3) is 0.345. The molecule has 2 aromatic carbocycles. The van der Waals surface area contributed by atoms with Crippen molar-refractivity contribution in [3.8, 4) is 34.3 Å². The highest BCUT2D eigenvalue weighted by atomic mass is 32.2. The molecule has 5 rings (SSSR count). The van der Waals surface area contributed by atoms with E-state index in [1.807, 2.05) is 12.1 Å². The van der Waals surface area contributed by atoms with Crippen molar-refractivity contribution in [2.75, 3.05) is 25.5 Å². The minimum absolute atomic E-state index is 0.00342. The van der Waals surface area contributed by atoms with E-state index in [1.165, 1.54) is 17.9 Å². The summed E-state index contributed by atoms with van der Waals surface area (Å²) in [7, 11) is 0.0498. The Balaban J connectivity index is 1.35. The molecule has 0 amide bonds. The second-order valence-electron chi connectivity index (χ2n) is 9.57. The predicted molar refractivity (Wildman–Crippen MR) is 154 cm³/mol. The van der Waals surface area contributed by atoms with Crippen LogP contribution in [0.4, 0.5) is 14.6 Å². The van der Waals surface area contributed by atoms with Crippen LogP contribution in [0.2, 0.25) is 0 Å². The number of benzene rings is 2. The van der Waals surface area contributed by atoms with Crippen LogP contribution in [0.1, 0.15) is 32.3 Å². The van der Waals surface area contributed by atoms with Crippen molar-refractivity contribution >= 4 is 21.7 Å². The van der Waals surface area contributed by atoms with Crippen LogP contribution in [0.3, 0.4) is 0 Å². The molecule has 1 aliphatic rings. The van der Waals surface area contributed by atoms with Gasteiger partial charge in [0.05, 0.1) is 17.5 Å². The quantitative estimate of drug-likeness (QED) is 0.250. The Morgan fingerprint density at radius 1 is 1.12 bits per heavy atom. The van der Waals surface area contributed by atoms with Crippen molar-refractivity contribution in [1.82, 2.24) is 25.5 Å². The van der Waals surface area contributed by atoms with Crippen molar-refractivity contribution in [3.63, 3.8) is 0 Å². The molecule has 3 heterocycles. The normalized spacial score (nSPS) is 15.8. The van der Waals surface area contributed by atoms with Gasteiger partial charge in [-0.15, -0.1) is 10.2 Å². The topological polar surface area (TPSA) is 112 Å². The molecular formula is C29H32F2N6O2S. The minimum Gasteiger partial charge on any atom is -0.414 e. The van der Waals surface area contributed by atoms with Crippen LogP contribution in [-0.2, 0) is 11.3 Å². The number of ether oxygens (including phenoxy) is 1. The van der Waals surface area contributed by atoms with Crippen LogP contribution in [0.15, 0.2) is 58.0 Å². The summed E-state index contributed by atoms with van der Waals surface area (Å²) in [5.41, 5.74) is 8.63. The molecule has 0 aliphatic carbocycles. The third kappa shape index (κ3) is 6.43. The first kappa shape index (κ1) is 28.0. The molecule has 0 radical (unpaired) electrons. The van der Waals surface area contributed by atoms with Crippen LogP contribution >= 0.6 is 10.5 Å². The fourth-order valence-electron chi connectivity index (χ4n) is 4.61. The molecule has 11 heteroatoms. The summed E-state index contributed by atoms with van der Waals surface area (Å²) >= 11 is 0. The zero-order chi connectivity index (χ0) is 28.1. The zero-order valence-electron chi connectivity index (χ0n) is 22.4. The number of nitrogens with one attached hydrogen (secondary N) is 1. The Hall–Kier alpha value is -3.54. The number of rotatable bonds is 9. The van der Waals surface area contributed by atoms with E-state index in [0.29, 0.717) is 23.1 Å². The summed E-state index contributed by atoms with van der Waals surface area (Å²) in [4.78, 5) is 10.2. The monoisotopic (exact) mass is 566 g/mol. The van der Waals surface area contributed by atoms with Gasteiger partial charge in [-0.05, 0) is 56.5 Å². The van der Waals surface area contributed by atoms with E-state index in [1.54, 1.807) is 18.3 Å². The Labute approximate surface area is 234 Å². The highest BCUT2D eigenvalue weighted by Crippen LogP contribution is 2.37. The predicted octanol–water partition coefficient (Wildman–Crippen LogP) is 5.66. The van der Waals surface area contributed by atoms with E-state index < -0.39 is 12.0 Å². The Morgan fingerprint density at radius 3 is 2.58 bits per heavy atom. The summed E-state index contributed by atoms with van der Waals surface area (Å²) in [5.74, 6) is -0.362. The van der Waals surface area contributed by atoms with Crippen molar-refractivity contribution in [2.45, 2.75) is 49.6 Å². The summed E-state index contributed by atoms with van der Waals surface area (Å²) < 4.78 is 39.1. The average Bonchev–Trinajstić information content (AvgIpc) is 3.44. The Morgan fingerprint density at radius 2 is 1.88 bits per heavy atom. The second kappa shape index (κ2) is 12.8. The number of alkyl halides is 1. The molecule has 8 nitrogen and oxygen atoms in total. The number of halogens is 2. The average molecular weight is 567 g/mol. The molecule has 40 heavy (non-hydrogen) atoms. The zero-order valence-corrected chi connectivity index (χ0v) is 23.3. The van der Waals surface area contributed by atoms with Gasteiger partial charge in [-0.2, -0.15) is 10.5 Å². The van der Waals surface area contributed by atoms with Gasteiger partial charge in [-0.3, -0.25) is 0 Å². The molecule has 0 bridgehead atoms. The van der Waals surface area contributed by atoms with Gasteiger partial charge in [-0.25, -0.2) is 18.7 Å².